The van der Waals surface area contributed by atoms with Gasteiger partial charge in [0.25, 0.3) is 0 Å². The van der Waals surface area contributed by atoms with Gasteiger partial charge >= 0.3 is 0 Å². The van der Waals surface area contributed by atoms with Crippen molar-refractivity contribution in [3.63, 3.8) is 0 Å². The Morgan fingerprint density at radius 3 is 2.69 bits per heavy atom. The Kier molecular flexibility index (Phi) is 3.94. The molecule has 1 aromatic carbocycles. The highest BCUT2D eigenvalue weighted by molar-refractivity contribution is 7.17. The van der Waals surface area contributed by atoms with E-state index in [9.17, 15) is 4.79 Å². The van der Waals surface area contributed by atoms with Crippen molar-refractivity contribution >= 4 is 17.6 Å². The lowest BCUT2D eigenvalue weighted by Crippen LogP contribution is -2.48. The minimum absolute atomic E-state index is 0.453. The molecule has 5 heterocycles. The second-order valence-electron chi connectivity index (χ2n) is 7.19. The van der Waals surface area contributed by atoms with Crippen LogP contribution in [0.25, 0.3) is 21.7 Å². The minimum atomic E-state index is 0.453. The summed E-state index contributed by atoms with van der Waals surface area (Å²) in [6, 6.07) is 12.6. The SMILES string of the molecule is O=Cc1ccc(-c2cccc(-c3cn([C@H]4CN5CCC4CC5)nn3)c2)s1. The normalized spacial score (nSPS) is 24.7. The number of fused-ring (bicyclic) bond motifs is 3. The van der Waals surface area contributed by atoms with Gasteiger partial charge in [-0.3, -0.25) is 4.79 Å². The van der Waals surface area contributed by atoms with Gasteiger partial charge in [0.15, 0.2) is 6.29 Å². The third-order valence-electron chi connectivity index (χ3n) is 5.66. The van der Waals surface area contributed by atoms with E-state index in [4.69, 9.17) is 0 Å². The van der Waals surface area contributed by atoms with Crippen LogP contribution in [0.2, 0.25) is 0 Å². The zero-order chi connectivity index (χ0) is 17.5. The second kappa shape index (κ2) is 6.45. The first kappa shape index (κ1) is 15.9. The summed E-state index contributed by atoms with van der Waals surface area (Å²) in [5.74, 6) is 0.730. The first-order valence-electron chi connectivity index (χ1n) is 9.10. The van der Waals surface area contributed by atoms with Gasteiger partial charge in [-0.25, -0.2) is 4.68 Å². The molecule has 6 heteroatoms. The van der Waals surface area contributed by atoms with Crippen LogP contribution in [-0.2, 0) is 0 Å². The summed E-state index contributed by atoms with van der Waals surface area (Å²) in [5, 5.41) is 8.89. The summed E-state index contributed by atoms with van der Waals surface area (Å²) in [4.78, 5) is 15.3. The summed E-state index contributed by atoms with van der Waals surface area (Å²) in [7, 11) is 0. The number of thiophene rings is 1. The molecule has 0 N–H and O–H groups in total. The Labute approximate surface area is 156 Å². The van der Waals surface area contributed by atoms with E-state index in [0.717, 1.165) is 45.3 Å². The second-order valence-corrected chi connectivity index (χ2v) is 8.31. The van der Waals surface area contributed by atoms with Crippen molar-refractivity contribution < 1.29 is 4.79 Å². The fourth-order valence-electron chi connectivity index (χ4n) is 4.21. The van der Waals surface area contributed by atoms with E-state index >= 15 is 0 Å². The maximum absolute atomic E-state index is 10.9. The number of nitrogens with zero attached hydrogens (tertiary/aromatic N) is 4. The molecule has 0 radical (unpaired) electrons. The summed E-state index contributed by atoms with van der Waals surface area (Å²) in [6.07, 6.45) is 5.54. The number of carbonyl (C=O) groups excluding carboxylic acids is 1. The number of aldehydes is 1. The molecule has 26 heavy (non-hydrogen) atoms. The van der Waals surface area contributed by atoms with Crippen LogP contribution < -0.4 is 0 Å². The molecule has 3 saturated heterocycles. The molecule has 0 saturated carbocycles. The van der Waals surface area contributed by atoms with Crippen molar-refractivity contribution in [2.24, 2.45) is 5.92 Å². The highest BCUT2D eigenvalue weighted by Gasteiger charge is 2.35. The molecule has 0 aliphatic carbocycles. The molecular formula is C20H20N4OS. The van der Waals surface area contributed by atoms with Crippen LogP contribution in [0.3, 0.4) is 0 Å². The molecule has 6 rings (SSSR count). The lowest BCUT2D eigenvalue weighted by molar-refractivity contribution is 0.0504. The molecule has 3 fully saturated rings. The van der Waals surface area contributed by atoms with E-state index in [1.54, 1.807) is 0 Å². The highest BCUT2D eigenvalue weighted by Crippen LogP contribution is 2.36. The third kappa shape index (κ3) is 2.79. The molecule has 2 aromatic heterocycles. The van der Waals surface area contributed by atoms with Gasteiger partial charge < -0.3 is 4.90 Å². The predicted octanol–water partition coefficient (Wildman–Crippen LogP) is 3.75. The summed E-state index contributed by atoms with van der Waals surface area (Å²) >= 11 is 1.51. The van der Waals surface area contributed by atoms with Crippen LogP contribution in [0.15, 0.2) is 42.6 Å². The number of rotatable bonds is 4. The van der Waals surface area contributed by atoms with Crippen LogP contribution in [0.4, 0.5) is 0 Å². The van der Waals surface area contributed by atoms with Crippen molar-refractivity contribution in [2.45, 2.75) is 18.9 Å². The van der Waals surface area contributed by atoms with Gasteiger partial charge in [0.1, 0.15) is 5.69 Å². The van der Waals surface area contributed by atoms with E-state index in [-0.39, 0.29) is 0 Å². The average Bonchev–Trinajstić information content (AvgIpc) is 3.39. The molecule has 3 aliphatic rings. The van der Waals surface area contributed by atoms with Crippen molar-refractivity contribution in [3.05, 3.63) is 47.5 Å². The molecule has 0 amide bonds. The molecule has 3 aromatic rings. The number of hydrogen-bond donors (Lipinski definition) is 0. The smallest absolute Gasteiger partial charge is 0.160 e. The molecule has 1 atom stereocenters. The third-order valence-corrected chi connectivity index (χ3v) is 6.72. The Balaban J connectivity index is 1.43. The lowest BCUT2D eigenvalue weighted by atomic mass is 9.84. The summed E-state index contributed by atoms with van der Waals surface area (Å²) in [5.41, 5.74) is 3.09. The Morgan fingerprint density at radius 1 is 1.12 bits per heavy atom. The number of carbonyl (C=O) groups is 1. The van der Waals surface area contributed by atoms with Gasteiger partial charge in [-0.1, -0.05) is 23.4 Å². The maximum Gasteiger partial charge on any atom is 0.160 e. The van der Waals surface area contributed by atoms with Gasteiger partial charge in [-0.05, 0) is 55.6 Å². The Morgan fingerprint density at radius 2 is 1.96 bits per heavy atom. The van der Waals surface area contributed by atoms with E-state index in [1.165, 1.54) is 37.3 Å². The molecular weight excluding hydrogens is 344 g/mol. The molecule has 2 bridgehead atoms. The van der Waals surface area contributed by atoms with Crippen LogP contribution in [0, 0.1) is 5.92 Å². The number of piperidine rings is 3. The number of benzene rings is 1. The zero-order valence-electron chi connectivity index (χ0n) is 14.4. The summed E-state index contributed by atoms with van der Waals surface area (Å²) in [6.45, 7) is 3.56. The van der Waals surface area contributed by atoms with Crippen LogP contribution in [0.1, 0.15) is 28.6 Å². The van der Waals surface area contributed by atoms with E-state index in [2.05, 4.69) is 44.3 Å². The fraction of sp³-hybridized carbons (Fsp3) is 0.350. The molecule has 5 nitrogen and oxygen atoms in total. The van der Waals surface area contributed by atoms with Gasteiger partial charge in [0, 0.05) is 17.0 Å². The standard InChI is InChI=1S/C20H20N4OS/c25-13-17-4-5-20(26-17)16-3-1-2-15(10-16)18-11-24(22-21-18)19-12-23-8-6-14(19)7-9-23/h1-5,10-11,13-14,19H,6-9,12H2/t19-/m0/s1. The quantitative estimate of drug-likeness (QED) is 0.662. The van der Waals surface area contributed by atoms with Gasteiger partial charge in [-0.15, -0.1) is 16.4 Å². The highest BCUT2D eigenvalue weighted by atomic mass is 32.1. The Bertz CT molecular complexity index is 939. The lowest BCUT2D eigenvalue weighted by Gasteiger charge is -2.44. The van der Waals surface area contributed by atoms with E-state index < -0.39 is 0 Å². The molecule has 3 aliphatic heterocycles. The van der Waals surface area contributed by atoms with Crippen LogP contribution in [-0.4, -0.2) is 45.8 Å². The molecule has 0 unspecified atom stereocenters. The van der Waals surface area contributed by atoms with Crippen molar-refractivity contribution in [3.8, 4) is 21.7 Å². The Hall–Kier alpha value is -2.31. The predicted molar refractivity (Wildman–Crippen MR) is 102 cm³/mol. The van der Waals surface area contributed by atoms with E-state index in [1.807, 2.05) is 18.2 Å². The monoisotopic (exact) mass is 364 g/mol. The topological polar surface area (TPSA) is 51.0 Å². The average molecular weight is 364 g/mol. The zero-order valence-corrected chi connectivity index (χ0v) is 15.2. The van der Waals surface area contributed by atoms with Crippen LogP contribution in [0.5, 0.6) is 0 Å². The van der Waals surface area contributed by atoms with Crippen molar-refractivity contribution in [1.29, 1.82) is 0 Å². The number of aromatic nitrogens is 3. The minimum Gasteiger partial charge on any atom is -0.301 e. The molecule has 132 valence electrons. The maximum atomic E-state index is 10.9. The van der Waals surface area contributed by atoms with Gasteiger partial charge in [0.05, 0.1) is 17.1 Å². The van der Waals surface area contributed by atoms with Crippen molar-refractivity contribution in [1.82, 2.24) is 19.9 Å². The number of hydrogen-bond acceptors (Lipinski definition) is 5. The van der Waals surface area contributed by atoms with Crippen LogP contribution >= 0.6 is 11.3 Å². The molecule has 0 spiro atoms. The van der Waals surface area contributed by atoms with Gasteiger partial charge in [-0.2, -0.15) is 0 Å². The largest absolute Gasteiger partial charge is 0.301 e. The van der Waals surface area contributed by atoms with Gasteiger partial charge in [0.2, 0.25) is 0 Å². The fourth-order valence-corrected chi connectivity index (χ4v) is 5.03. The first-order chi connectivity index (χ1) is 12.8. The van der Waals surface area contributed by atoms with Crippen molar-refractivity contribution in [2.75, 3.05) is 19.6 Å². The first-order valence-corrected chi connectivity index (χ1v) is 9.92. The van der Waals surface area contributed by atoms with E-state index in [0.29, 0.717) is 6.04 Å². The summed E-state index contributed by atoms with van der Waals surface area (Å²) < 4.78 is 2.08.